The van der Waals surface area contributed by atoms with Crippen LogP contribution in [-0.4, -0.2) is 11.0 Å². The van der Waals surface area contributed by atoms with Crippen LogP contribution >= 0.6 is 0 Å². The molecule has 19 heavy (non-hydrogen) atoms. The van der Waals surface area contributed by atoms with E-state index in [4.69, 9.17) is 0 Å². The van der Waals surface area contributed by atoms with Crippen molar-refractivity contribution in [1.29, 1.82) is 5.26 Å². The maximum atomic E-state index is 10.6. The van der Waals surface area contributed by atoms with Gasteiger partial charge in [0, 0.05) is 18.2 Å². The summed E-state index contributed by atoms with van der Waals surface area (Å²) >= 11 is 0. The van der Waals surface area contributed by atoms with E-state index < -0.39 is 4.92 Å². The van der Waals surface area contributed by atoms with E-state index in [1.807, 2.05) is 0 Å². The molecule has 1 aliphatic carbocycles. The van der Waals surface area contributed by atoms with Gasteiger partial charge in [0.15, 0.2) is 0 Å². The third-order valence-corrected chi connectivity index (χ3v) is 3.57. The zero-order valence-corrected chi connectivity index (χ0v) is 10.7. The number of hydrogen-bond donors (Lipinski definition) is 1. The number of nitro benzene ring substituents is 1. The van der Waals surface area contributed by atoms with Gasteiger partial charge in [-0.15, -0.1) is 0 Å². The lowest BCUT2D eigenvalue weighted by Gasteiger charge is -2.25. The van der Waals surface area contributed by atoms with Gasteiger partial charge in [-0.2, -0.15) is 5.26 Å². The highest BCUT2D eigenvalue weighted by Gasteiger charge is 2.19. The molecule has 5 nitrogen and oxygen atoms in total. The second-order valence-electron chi connectivity index (χ2n) is 4.91. The van der Waals surface area contributed by atoms with Crippen molar-refractivity contribution in [2.75, 3.05) is 0 Å². The fourth-order valence-electron chi connectivity index (χ4n) is 2.50. The molecule has 0 spiro atoms. The lowest BCUT2D eigenvalue weighted by atomic mass is 9.94. The molecule has 1 saturated carbocycles. The standard InChI is InChI=1S/C14H17N3O2/c15-10-14(16-12-4-2-1-3-5-12)11-6-8-13(9-7-11)17(18)19/h6-9,12,14,16H,1-5H2. The highest BCUT2D eigenvalue weighted by Crippen LogP contribution is 2.22. The summed E-state index contributed by atoms with van der Waals surface area (Å²) in [5, 5.41) is 23.2. The predicted octanol–water partition coefficient (Wildman–Crippen LogP) is 3.08. The first-order valence-electron chi connectivity index (χ1n) is 6.60. The molecule has 1 atom stereocenters. The molecule has 0 saturated heterocycles. The minimum Gasteiger partial charge on any atom is -0.295 e. The van der Waals surface area contributed by atoms with Gasteiger partial charge in [0.25, 0.3) is 5.69 Å². The first-order chi connectivity index (χ1) is 9.20. The van der Waals surface area contributed by atoms with Crippen LogP contribution in [0.15, 0.2) is 24.3 Å². The molecule has 1 aromatic carbocycles. The van der Waals surface area contributed by atoms with Crippen molar-refractivity contribution < 1.29 is 4.92 Å². The van der Waals surface area contributed by atoms with Crippen molar-refractivity contribution in [3.8, 4) is 6.07 Å². The maximum absolute atomic E-state index is 10.6. The number of nitrogens with one attached hydrogen (secondary N) is 1. The van der Waals surface area contributed by atoms with Crippen LogP contribution in [0.3, 0.4) is 0 Å². The van der Waals surface area contributed by atoms with E-state index in [2.05, 4.69) is 11.4 Å². The normalized spacial score (nSPS) is 17.6. The van der Waals surface area contributed by atoms with E-state index in [1.165, 1.54) is 31.4 Å². The number of rotatable bonds is 4. The van der Waals surface area contributed by atoms with Gasteiger partial charge in [0.05, 0.1) is 11.0 Å². The van der Waals surface area contributed by atoms with Crippen LogP contribution in [0.5, 0.6) is 0 Å². The number of nitriles is 1. The Kier molecular flexibility index (Phi) is 4.48. The molecule has 1 aromatic rings. The summed E-state index contributed by atoms with van der Waals surface area (Å²) in [5.41, 5.74) is 0.844. The predicted molar refractivity (Wildman–Crippen MR) is 71.5 cm³/mol. The SMILES string of the molecule is N#CC(NC1CCCCC1)c1ccc([N+](=O)[O-])cc1. The summed E-state index contributed by atoms with van der Waals surface area (Å²) in [7, 11) is 0. The average Bonchev–Trinajstić information content (AvgIpc) is 2.46. The largest absolute Gasteiger partial charge is 0.295 e. The molecule has 0 heterocycles. The number of nitro groups is 1. The lowest BCUT2D eigenvalue weighted by Crippen LogP contribution is -2.33. The molecule has 0 amide bonds. The Balaban J connectivity index is 2.04. The Bertz CT molecular complexity index is 472. The summed E-state index contributed by atoms with van der Waals surface area (Å²) in [6, 6.07) is 8.43. The molecule has 1 fully saturated rings. The number of nitrogens with zero attached hydrogens (tertiary/aromatic N) is 2. The Labute approximate surface area is 112 Å². The van der Waals surface area contributed by atoms with Crippen LogP contribution in [0, 0.1) is 21.4 Å². The second-order valence-corrected chi connectivity index (χ2v) is 4.91. The van der Waals surface area contributed by atoms with E-state index in [0.717, 1.165) is 18.4 Å². The monoisotopic (exact) mass is 259 g/mol. The molecule has 1 unspecified atom stereocenters. The summed E-state index contributed by atoms with van der Waals surface area (Å²) in [6.07, 6.45) is 5.88. The van der Waals surface area contributed by atoms with Crippen LogP contribution < -0.4 is 5.32 Å². The van der Waals surface area contributed by atoms with Crippen LogP contribution in [0.25, 0.3) is 0 Å². The molecule has 0 radical (unpaired) electrons. The van der Waals surface area contributed by atoms with Crippen molar-refractivity contribution in [1.82, 2.24) is 5.32 Å². The van der Waals surface area contributed by atoms with Crippen molar-refractivity contribution in [2.24, 2.45) is 0 Å². The van der Waals surface area contributed by atoms with Crippen LogP contribution in [0.4, 0.5) is 5.69 Å². The van der Waals surface area contributed by atoms with Crippen molar-refractivity contribution in [3.63, 3.8) is 0 Å². The van der Waals surface area contributed by atoms with Crippen LogP contribution in [0.2, 0.25) is 0 Å². The van der Waals surface area contributed by atoms with Gasteiger partial charge in [-0.25, -0.2) is 0 Å². The van der Waals surface area contributed by atoms with E-state index in [0.29, 0.717) is 6.04 Å². The Morgan fingerprint density at radius 2 is 1.89 bits per heavy atom. The topological polar surface area (TPSA) is 79.0 Å². The maximum Gasteiger partial charge on any atom is 0.269 e. The molecule has 0 bridgehead atoms. The van der Waals surface area contributed by atoms with E-state index in [9.17, 15) is 15.4 Å². The molecule has 1 N–H and O–H groups in total. The molecule has 100 valence electrons. The smallest absolute Gasteiger partial charge is 0.269 e. The third-order valence-electron chi connectivity index (χ3n) is 3.57. The molecular weight excluding hydrogens is 242 g/mol. The zero-order chi connectivity index (χ0) is 13.7. The molecule has 0 aliphatic heterocycles. The van der Waals surface area contributed by atoms with Crippen molar-refractivity contribution in [2.45, 2.75) is 44.2 Å². The number of non-ortho nitro benzene ring substituents is 1. The van der Waals surface area contributed by atoms with Gasteiger partial charge >= 0.3 is 0 Å². The fraction of sp³-hybridized carbons (Fsp3) is 0.500. The molecular formula is C14H17N3O2. The first kappa shape index (κ1) is 13.5. The summed E-state index contributed by atoms with van der Waals surface area (Å²) < 4.78 is 0. The Morgan fingerprint density at radius 1 is 1.26 bits per heavy atom. The van der Waals surface area contributed by atoms with Gasteiger partial charge in [-0.3, -0.25) is 15.4 Å². The van der Waals surface area contributed by atoms with Gasteiger partial charge in [-0.05, 0) is 30.5 Å². The quantitative estimate of drug-likeness (QED) is 0.665. The first-order valence-corrected chi connectivity index (χ1v) is 6.60. The minimum atomic E-state index is -0.431. The molecule has 1 aliphatic rings. The third kappa shape index (κ3) is 3.52. The summed E-state index contributed by atoms with van der Waals surface area (Å²) in [5.74, 6) is 0. The Morgan fingerprint density at radius 3 is 2.42 bits per heavy atom. The highest BCUT2D eigenvalue weighted by atomic mass is 16.6. The number of hydrogen-bond acceptors (Lipinski definition) is 4. The van der Waals surface area contributed by atoms with Gasteiger partial charge in [0.2, 0.25) is 0 Å². The van der Waals surface area contributed by atoms with Gasteiger partial charge in [-0.1, -0.05) is 19.3 Å². The average molecular weight is 259 g/mol. The highest BCUT2D eigenvalue weighted by molar-refractivity contribution is 5.35. The van der Waals surface area contributed by atoms with E-state index >= 15 is 0 Å². The lowest BCUT2D eigenvalue weighted by molar-refractivity contribution is -0.384. The van der Waals surface area contributed by atoms with Crippen LogP contribution in [-0.2, 0) is 0 Å². The zero-order valence-electron chi connectivity index (χ0n) is 10.7. The molecule has 5 heteroatoms. The fourth-order valence-corrected chi connectivity index (χ4v) is 2.50. The van der Waals surface area contributed by atoms with Gasteiger partial charge in [0.1, 0.15) is 6.04 Å². The molecule has 2 rings (SSSR count). The molecule has 0 aromatic heterocycles. The van der Waals surface area contributed by atoms with E-state index in [1.54, 1.807) is 12.1 Å². The van der Waals surface area contributed by atoms with E-state index in [-0.39, 0.29) is 11.7 Å². The van der Waals surface area contributed by atoms with Crippen molar-refractivity contribution in [3.05, 3.63) is 39.9 Å². The second kappa shape index (κ2) is 6.30. The minimum absolute atomic E-state index is 0.0538. The summed E-state index contributed by atoms with van der Waals surface area (Å²) in [6.45, 7) is 0. The van der Waals surface area contributed by atoms with Gasteiger partial charge < -0.3 is 0 Å². The Hall–Kier alpha value is -1.93. The number of benzene rings is 1. The van der Waals surface area contributed by atoms with Crippen molar-refractivity contribution >= 4 is 5.69 Å². The van der Waals surface area contributed by atoms with Crippen LogP contribution in [0.1, 0.15) is 43.7 Å². The summed E-state index contributed by atoms with van der Waals surface area (Å²) in [4.78, 5) is 10.2.